The number of carbonyl (C=O) groups excluding carboxylic acids is 1. The predicted molar refractivity (Wildman–Crippen MR) is 79.8 cm³/mol. The number of nitrogens with one attached hydrogen (secondary N) is 1. The molecule has 0 fully saturated rings. The van der Waals surface area contributed by atoms with Crippen molar-refractivity contribution in [1.82, 2.24) is 5.32 Å². The lowest BCUT2D eigenvalue weighted by Crippen LogP contribution is -2.43. The minimum atomic E-state index is -0.131. The summed E-state index contributed by atoms with van der Waals surface area (Å²) >= 11 is 0. The molecule has 1 heterocycles. The van der Waals surface area contributed by atoms with Gasteiger partial charge in [0.2, 0.25) is 11.8 Å². The van der Waals surface area contributed by atoms with Gasteiger partial charge in [-0.05, 0) is 17.9 Å². The van der Waals surface area contributed by atoms with Crippen LogP contribution in [0, 0.1) is 5.92 Å². The van der Waals surface area contributed by atoms with Crippen molar-refractivity contribution in [3.8, 4) is 0 Å². The van der Waals surface area contributed by atoms with E-state index in [-0.39, 0.29) is 23.9 Å². The van der Waals surface area contributed by atoms with Gasteiger partial charge in [0.25, 0.3) is 0 Å². The molecule has 4 nitrogen and oxygen atoms in total. The first kappa shape index (κ1) is 14.6. The van der Waals surface area contributed by atoms with Crippen LogP contribution in [0.25, 0.3) is 0 Å². The van der Waals surface area contributed by atoms with Crippen molar-refractivity contribution in [2.24, 2.45) is 10.9 Å². The van der Waals surface area contributed by atoms with Crippen molar-refractivity contribution < 1.29 is 9.53 Å². The van der Waals surface area contributed by atoms with Crippen molar-refractivity contribution in [3.63, 3.8) is 0 Å². The molecule has 0 saturated heterocycles. The van der Waals surface area contributed by atoms with Crippen LogP contribution >= 0.6 is 0 Å². The number of hydrogen-bond acceptors (Lipinski definition) is 3. The topological polar surface area (TPSA) is 50.7 Å². The van der Waals surface area contributed by atoms with Gasteiger partial charge in [0.15, 0.2) is 0 Å². The van der Waals surface area contributed by atoms with E-state index in [1.807, 2.05) is 18.2 Å². The van der Waals surface area contributed by atoms with Crippen LogP contribution in [0.15, 0.2) is 35.3 Å². The summed E-state index contributed by atoms with van der Waals surface area (Å²) in [5.74, 6) is 0.866. The van der Waals surface area contributed by atoms with Crippen LogP contribution < -0.4 is 5.32 Å². The average molecular weight is 274 g/mol. The highest BCUT2D eigenvalue weighted by Crippen LogP contribution is 2.16. The van der Waals surface area contributed by atoms with Crippen molar-refractivity contribution in [1.29, 1.82) is 0 Å². The molecule has 1 aromatic rings. The number of ether oxygens (including phenoxy) is 1. The minimum Gasteiger partial charge on any atom is -0.477 e. The van der Waals surface area contributed by atoms with E-state index < -0.39 is 0 Å². The zero-order valence-electron chi connectivity index (χ0n) is 12.3. The van der Waals surface area contributed by atoms with Crippen LogP contribution in [-0.4, -0.2) is 30.5 Å². The molecular weight excluding hydrogens is 252 g/mol. The number of hydrogen-bond donors (Lipinski definition) is 1. The third kappa shape index (κ3) is 3.83. The second-order valence-corrected chi connectivity index (χ2v) is 5.54. The lowest BCUT2D eigenvalue weighted by molar-refractivity contribution is -0.119. The highest BCUT2D eigenvalue weighted by molar-refractivity contribution is 5.88. The first-order chi connectivity index (χ1) is 9.56. The van der Waals surface area contributed by atoms with Crippen LogP contribution in [-0.2, 0) is 16.0 Å². The fourth-order valence-electron chi connectivity index (χ4n) is 2.33. The van der Waals surface area contributed by atoms with Gasteiger partial charge in [-0.2, -0.15) is 0 Å². The lowest BCUT2D eigenvalue weighted by atomic mass is 10.0. The van der Waals surface area contributed by atoms with E-state index in [1.165, 1.54) is 12.5 Å². The Morgan fingerprint density at radius 2 is 2.10 bits per heavy atom. The van der Waals surface area contributed by atoms with Crippen molar-refractivity contribution >= 4 is 11.8 Å². The molecule has 1 unspecified atom stereocenters. The zero-order valence-corrected chi connectivity index (χ0v) is 12.3. The summed E-state index contributed by atoms with van der Waals surface area (Å²) in [6.45, 7) is 6.22. The van der Waals surface area contributed by atoms with Gasteiger partial charge in [-0.1, -0.05) is 44.2 Å². The van der Waals surface area contributed by atoms with Crippen molar-refractivity contribution in [2.45, 2.75) is 39.3 Å². The van der Waals surface area contributed by atoms with Gasteiger partial charge in [-0.15, -0.1) is 0 Å². The molecule has 2 rings (SSSR count). The van der Waals surface area contributed by atoms with E-state index in [2.05, 4.69) is 36.3 Å². The number of benzene rings is 1. The standard InChI is InChI=1S/C16H22N2O2/c1-11(2)15(17-12(3)19)16-18-14(10-20-16)9-13-7-5-4-6-8-13/h4-8,11,14-15H,9-10H2,1-3H3,(H,17,19)/t14?,15-/m0/s1. The SMILES string of the molecule is CC(=O)N[C@H](C1=NC(Cc2ccccc2)CO1)C(C)C. The normalized spacial score (nSPS) is 19.4. The van der Waals surface area contributed by atoms with Gasteiger partial charge in [0.05, 0.1) is 6.04 Å². The van der Waals surface area contributed by atoms with E-state index in [0.29, 0.717) is 12.5 Å². The van der Waals surface area contributed by atoms with Gasteiger partial charge in [-0.3, -0.25) is 4.79 Å². The molecule has 20 heavy (non-hydrogen) atoms. The fraction of sp³-hybridized carbons (Fsp3) is 0.500. The molecule has 0 spiro atoms. The summed E-state index contributed by atoms with van der Waals surface area (Å²) in [7, 11) is 0. The van der Waals surface area contributed by atoms with Gasteiger partial charge >= 0.3 is 0 Å². The third-order valence-corrected chi connectivity index (χ3v) is 3.34. The van der Waals surface area contributed by atoms with E-state index in [4.69, 9.17) is 4.74 Å². The summed E-state index contributed by atoms with van der Waals surface area (Å²) in [4.78, 5) is 15.9. The summed E-state index contributed by atoms with van der Waals surface area (Å²) in [6, 6.07) is 10.3. The number of aliphatic imine (C=N–C) groups is 1. The maximum atomic E-state index is 11.3. The molecule has 2 atom stereocenters. The molecule has 0 radical (unpaired) electrons. The molecule has 1 aliphatic heterocycles. The summed E-state index contributed by atoms with van der Waals surface area (Å²) < 4.78 is 5.70. The Bertz CT molecular complexity index is 483. The summed E-state index contributed by atoms with van der Waals surface area (Å²) in [5.41, 5.74) is 1.26. The number of amides is 1. The molecule has 1 N–H and O–H groups in total. The molecular formula is C16H22N2O2. The quantitative estimate of drug-likeness (QED) is 0.894. The number of nitrogens with zero attached hydrogens (tertiary/aromatic N) is 1. The van der Waals surface area contributed by atoms with Gasteiger partial charge < -0.3 is 10.1 Å². The molecule has 1 amide bonds. The van der Waals surface area contributed by atoms with Crippen LogP contribution in [0.3, 0.4) is 0 Å². The Morgan fingerprint density at radius 1 is 1.40 bits per heavy atom. The minimum absolute atomic E-state index is 0.0542. The summed E-state index contributed by atoms with van der Waals surface area (Å²) in [6.07, 6.45) is 0.870. The van der Waals surface area contributed by atoms with E-state index >= 15 is 0 Å². The molecule has 1 aromatic carbocycles. The first-order valence-corrected chi connectivity index (χ1v) is 7.07. The highest BCUT2D eigenvalue weighted by atomic mass is 16.5. The predicted octanol–water partition coefficient (Wildman–Crippen LogP) is 2.19. The van der Waals surface area contributed by atoms with E-state index in [1.54, 1.807) is 0 Å². The van der Waals surface area contributed by atoms with E-state index in [9.17, 15) is 4.79 Å². The molecule has 0 aliphatic carbocycles. The largest absolute Gasteiger partial charge is 0.477 e. The average Bonchev–Trinajstić information content (AvgIpc) is 2.85. The molecule has 4 heteroatoms. The second kappa shape index (κ2) is 6.55. The van der Waals surface area contributed by atoms with Gasteiger partial charge in [0.1, 0.15) is 12.6 Å². The molecule has 0 aromatic heterocycles. The van der Waals surface area contributed by atoms with E-state index in [0.717, 1.165) is 6.42 Å². The molecule has 0 saturated carbocycles. The Labute approximate surface area is 120 Å². The lowest BCUT2D eigenvalue weighted by Gasteiger charge is -2.20. The molecule has 108 valence electrons. The smallest absolute Gasteiger partial charge is 0.217 e. The second-order valence-electron chi connectivity index (χ2n) is 5.54. The monoisotopic (exact) mass is 274 g/mol. The fourth-order valence-corrected chi connectivity index (χ4v) is 2.33. The van der Waals surface area contributed by atoms with Crippen LogP contribution in [0.1, 0.15) is 26.3 Å². The Balaban J connectivity index is 2.03. The zero-order chi connectivity index (χ0) is 14.5. The number of rotatable bonds is 5. The van der Waals surface area contributed by atoms with Crippen molar-refractivity contribution in [3.05, 3.63) is 35.9 Å². The maximum Gasteiger partial charge on any atom is 0.217 e. The van der Waals surface area contributed by atoms with Crippen molar-refractivity contribution in [2.75, 3.05) is 6.61 Å². The van der Waals surface area contributed by atoms with Crippen LogP contribution in [0.2, 0.25) is 0 Å². The molecule has 0 bridgehead atoms. The Hall–Kier alpha value is -1.84. The van der Waals surface area contributed by atoms with Gasteiger partial charge in [-0.25, -0.2) is 4.99 Å². The van der Waals surface area contributed by atoms with Gasteiger partial charge in [0, 0.05) is 6.92 Å². The summed E-state index contributed by atoms with van der Waals surface area (Å²) in [5, 5.41) is 2.91. The van der Waals surface area contributed by atoms with Crippen LogP contribution in [0.4, 0.5) is 0 Å². The molecule has 1 aliphatic rings. The van der Waals surface area contributed by atoms with Crippen LogP contribution in [0.5, 0.6) is 0 Å². The maximum absolute atomic E-state index is 11.3. The third-order valence-electron chi connectivity index (χ3n) is 3.34. The Morgan fingerprint density at radius 3 is 2.70 bits per heavy atom. The Kier molecular flexibility index (Phi) is 4.77. The first-order valence-electron chi connectivity index (χ1n) is 7.07. The highest BCUT2D eigenvalue weighted by Gasteiger charge is 2.28. The number of carbonyl (C=O) groups is 1.